The van der Waals surface area contributed by atoms with Gasteiger partial charge in [-0.3, -0.25) is 4.79 Å². The van der Waals surface area contributed by atoms with Crippen LogP contribution in [0.25, 0.3) is 0 Å². The normalized spacial score (nSPS) is 31.1. The molecule has 3 nitrogen and oxygen atoms in total. The summed E-state index contributed by atoms with van der Waals surface area (Å²) < 4.78 is 0. The Bertz CT molecular complexity index is 228. The number of carbonyl (C=O) groups excluding carboxylic acids is 1. The molecule has 0 radical (unpaired) electrons. The van der Waals surface area contributed by atoms with E-state index in [1.165, 1.54) is 32.1 Å². The molecule has 0 aromatic heterocycles. The minimum absolute atomic E-state index is 0.0455. The second kappa shape index (κ2) is 4.52. The first-order valence-corrected chi connectivity index (χ1v) is 6.26. The predicted molar refractivity (Wildman–Crippen MR) is 60.3 cm³/mol. The molecule has 2 aliphatic rings. The van der Waals surface area contributed by atoms with E-state index in [2.05, 4.69) is 5.32 Å². The van der Waals surface area contributed by atoms with E-state index in [-0.39, 0.29) is 11.3 Å². The highest BCUT2D eigenvalue weighted by Gasteiger charge is 2.44. The van der Waals surface area contributed by atoms with Gasteiger partial charge in [0, 0.05) is 0 Å². The van der Waals surface area contributed by atoms with Gasteiger partial charge in [0.15, 0.2) is 0 Å². The Morgan fingerprint density at radius 1 is 1.20 bits per heavy atom. The van der Waals surface area contributed by atoms with Crippen LogP contribution in [0.4, 0.5) is 0 Å². The number of nitrogens with one attached hydrogen (secondary N) is 1. The summed E-state index contributed by atoms with van der Waals surface area (Å²) in [4.78, 5) is 11.8. The van der Waals surface area contributed by atoms with Gasteiger partial charge in [-0.1, -0.05) is 19.3 Å². The van der Waals surface area contributed by atoms with Crippen molar-refractivity contribution in [1.82, 2.24) is 5.32 Å². The molecule has 0 aromatic rings. The second-order valence-electron chi connectivity index (χ2n) is 5.12. The summed E-state index contributed by atoms with van der Waals surface area (Å²) in [5.74, 6) is 0.444. The van der Waals surface area contributed by atoms with Crippen molar-refractivity contribution < 1.29 is 4.79 Å². The predicted octanol–water partition coefficient (Wildman–Crippen LogP) is 1.42. The van der Waals surface area contributed by atoms with E-state index in [0.717, 1.165) is 25.9 Å². The Morgan fingerprint density at radius 2 is 1.93 bits per heavy atom. The molecule has 86 valence electrons. The molecular weight excluding hydrogens is 188 g/mol. The Labute approximate surface area is 91.8 Å². The van der Waals surface area contributed by atoms with Gasteiger partial charge < -0.3 is 11.1 Å². The molecule has 3 N–H and O–H groups in total. The van der Waals surface area contributed by atoms with Crippen molar-refractivity contribution in [3.8, 4) is 0 Å². The first-order valence-electron chi connectivity index (χ1n) is 6.26. The van der Waals surface area contributed by atoms with E-state index < -0.39 is 0 Å². The molecule has 1 saturated carbocycles. The average Bonchev–Trinajstić information content (AvgIpc) is 2.31. The van der Waals surface area contributed by atoms with Crippen LogP contribution < -0.4 is 11.1 Å². The number of primary amides is 1. The number of piperidine rings is 1. The summed E-state index contributed by atoms with van der Waals surface area (Å²) in [5, 5.41) is 3.40. The smallest absolute Gasteiger partial charge is 0.223 e. The summed E-state index contributed by atoms with van der Waals surface area (Å²) in [6, 6.07) is 0. The van der Waals surface area contributed by atoms with Crippen molar-refractivity contribution in [2.45, 2.75) is 44.9 Å². The van der Waals surface area contributed by atoms with Crippen LogP contribution in [0.1, 0.15) is 44.9 Å². The molecule has 1 amide bonds. The molecule has 0 aromatic carbocycles. The topological polar surface area (TPSA) is 55.1 Å². The molecule has 1 unspecified atom stereocenters. The van der Waals surface area contributed by atoms with Crippen LogP contribution in [-0.2, 0) is 4.79 Å². The lowest BCUT2D eigenvalue weighted by Gasteiger charge is -2.43. The molecule has 15 heavy (non-hydrogen) atoms. The Kier molecular flexibility index (Phi) is 3.29. The van der Waals surface area contributed by atoms with Gasteiger partial charge in [0.1, 0.15) is 0 Å². The maximum absolute atomic E-state index is 11.8. The second-order valence-corrected chi connectivity index (χ2v) is 5.12. The zero-order chi connectivity index (χ0) is 10.7. The summed E-state index contributed by atoms with van der Waals surface area (Å²) >= 11 is 0. The molecule has 2 fully saturated rings. The number of rotatable bonds is 2. The lowest BCUT2D eigenvalue weighted by molar-refractivity contribution is -0.134. The highest BCUT2D eigenvalue weighted by atomic mass is 16.1. The SMILES string of the molecule is NC(=O)C1(C2CCCNC2)CCCCC1. The summed E-state index contributed by atoms with van der Waals surface area (Å²) in [6.45, 7) is 2.09. The van der Waals surface area contributed by atoms with Gasteiger partial charge in [0.25, 0.3) is 0 Å². The van der Waals surface area contributed by atoms with Crippen LogP contribution in [0.3, 0.4) is 0 Å². The number of hydrogen-bond donors (Lipinski definition) is 2. The summed E-state index contributed by atoms with van der Waals surface area (Å²) in [7, 11) is 0. The van der Waals surface area contributed by atoms with Crippen LogP contribution >= 0.6 is 0 Å². The van der Waals surface area contributed by atoms with E-state index in [1.54, 1.807) is 0 Å². The zero-order valence-corrected chi connectivity index (χ0v) is 9.43. The summed E-state index contributed by atoms with van der Waals surface area (Å²) in [6.07, 6.45) is 8.05. The molecule has 0 bridgehead atoms. The molecule has 1 atom stereocenters. The fourth-order valence-corrected chi connectivity index (χ4v) is 3.36. The number of carbonyl (C=O) groups is 1. The van der Waals surface area contributed by atoms with Crippen LogP contribution in [0.15, 0.2) is 0 Å². The molecular formula is C12H22N2O. The highest BCUT2D eigenvalue weighted by molar-refractivity contribution is 5.81. The first-order chi connectivity index (χ1) is 7.26. The Morgan fingerprint density at radius 3 is 2.47 bits per heavy atom. The summed E-state index contributed by atoms with van der Waals surface area (Å²) in [5.41, 5.74) is 5.49. The standard InChI is InChI=1S/C12H22N2O/c13-11(15)12(6-2-1-3-7-12)10-5-4-8-14-9-10/h10,14H,1-9H2,(H2,13,15). The van der Waals surface area contributed by atoms with Crippen molar-refractivity contribution in [2.75, 3.05) is 13.1 Å². The fraction of sp³-hybridized carbons (Fsp3) is 0.917. The van der Waals surface area contributed by atoms with E-state index in [0.29, 0.717) is 5.92 Å². The van der Waals surface area contributed by atoms with Crippen molar-refractivity contribution >= 4 is 5.91 Å². The lowest BCUT2D eigenvalue weighted by atomic mass is 9.63. The van der Waals surface area contributed by atoms with Gasteiger partial charge in [0.05, 0.1) is 5.41 Å². The monoisotopic (exact) mass is 210 g/mol. The Balaban J connectivity index is 2.12. The molecule has 3 heteroatoms. The minimum Gasteiger partial charge on any atom is -0.369 e. The van der Waals surface area contributed by atoms with E-state index in [1.807, 2.05) is 0 Å². The van der Waals surface area contributed by atoms with Crippen LogP contribution in [-0.4, -0.2) is 19.0 Å². The van der Waals surface area contributed by atoms with Gasteiger partial charge in [-0.15, -0.1) is 0 Å². The molecule has 0 spiro atoms. The van der Waals surface area contributed by atoms with Gasteiger partial charge in [-0.25, -0.2) is 0 Å². The van der Waals surface area contributed by atoms with E-state index >= 15 is 0 Å². The number of nitrogens with two attached hydrogens (primary N) is 1. The van der Waals surface area contributed by atoms with Gasteiger partial charge in [0.2, 0.25) is 5.91 Å². The molecule has 2 rings (SSSR count). The lowest BCUT2D eigenvalue weighted by Crippen LogP contribution is -2.49. The highest BCUT2D eigenvalue weighted by Crippen LogP contribution is 2.44. The van der Waals surface area contributed by atoms with Crippen molar-refractivity contribution in [1.29, 1.82) is 0 Å². The average molecular weight is 210 g/mol. The van der Waals surface area contributed by atoms with Crippen LogP contribution in [0.5, 0.6) is 0 Å². The minimum atomic E-state index is -0.175. The first kappa shape index (κ1) is 10.9. The third-order valence-electron chi connectivity index (χ3n) is 4.31. The Hall–Kier alpha value is -0.570. The third-order valence-corrected chi connectivity index (χ3v) is 4.31. The van der Waals surface area contributed by atoms with Crippen LogP contribution in [0.2, 0.25) is 0 Å². The van der Waals surface area contributed by atoms with Crippen LogP contribution in [0, 0.1) is 11.3 Å². The largest absolute Gasteiger partial charge is 0.369 e. The molecule has 1 aliphatic carbocycles. The van der Waals surface area contributed by atoms with Crippen molar-refractivity contribution in [3.05, 3.63) is 0 Å². The van der Waals surface area contributed by atoms with Gasteiger partial charge in [-0.05, 0) is 44.7 Å². The van der Waals surface area contributed by atoms with Crippen molar-refractivity contribution in [3.63, 3.8) is 0 Å². The molecule has 1 aliphatic heterocycles. The van der Waals surface area contributed by atoms with Gasteiger partial charge >= 0.3 is 0 Å². The zero-order valence-electron chi connectivity index (χ0n) is 9.43. The quantitative estimate of drug-likeness (QED) is 0.724. The van der Waals surface area contributed by atoms with Gasteiger partial charge in [-0.2, -0.15) is 0 Å². The third kappa shape index (κ3) is 2.03. The number of hydrogen-bond acceptors (Lipinski definition) is 2. The molecule has 1 saturated heterocycles. The number of amides is 1. The van der Waals surface area contributed by atoms with E-state index in [9.17, 15) is 4.79 Å². The van der Waals surface area contributed by atoms with Crippen molar-refractivity contribution in [2.24, 2.45) is 17.1 Å². The maximum atomic E-state index is 11.8. The fourth-order valence-electron chi connectivity index (χ4n) is 3.36. The maximum Gasteiger partial charge on any atom is 0.223 e. The van der Waals surface area contributed by atoms with E-state index in [4.69, 9.17) is 5.73 Å². The molecule has 1 heterocycles.